The van der Waals surface area contributed by atoms with Crippen molar-refractivity contribution in [1.82, 2.24) is 4.90 Å². The van der Waals surface area contributed by atoms with Crippen LogP contribution in [-0.2, 0) is 4.79 Å². The molecular formula is C52H103NO. The van der Waals surface area contributed by atoms with E-state index in [-0.39, 0.29) is 5.41 Å². The van der Waals surface area contributed by atoms with E-state index in [4.69, 9.17) is 0 Å². The molecule has 1 aliphatic rings. The van der Waals surface area contributed by atoms with E-state index in [1.807, 2.05) is 0 Å². The van der Waals surface area contributed by atoms with Gasteiger partial charge in [-0.05, 0) is 31.6 Å². The maximum atomic E-state index is 14.7. The molecule has 54 heavy (non-hydrogen) atoms. The van der Waals surface area contributed by atoms with Crippen molar-refractivity contribution in [2.45, 2.75) is 304 Å². The molecule has 1 fully saturated rings. The average Bonchev–Trinajstić information content (AvgIpc) is 3.43. The third-order valence-corrected chi connectivity index (χ3v) is 13.6. The Morgan fingerprint density at radius 3 is 0.944 bits per heavy atom. The van der Waals surface area contributed by atoms with Crippen LogP contribution in [0.4, 0.5) is 0 Å². The Morgan fingerprint density at radius 1 is 0.370 bits per heavy atom. The van der Waals surface area contributed by atoms with E-state index in [0.717, 1.165) is 13.1 Å². The molecule has 322 valence electrons. The number of nitrogens with zero attached hydrogens (tertiary/aromatic N) is 1. The van der Waals surface area contributed by atoms with Crippen LogP contribution in [0, 0.1) is 11.3 Å². The van der Waals surface area contributed by atoms with Gasteiger partial charge in [0.2, 0.25) is 5.91 Å². The van der Waals surface area contributed by atoms with Crippen LogP contribution in [0.2, 0.25) is 0 Å². The summed E-state index contributed by atoms with van der Waals surface area (Å²) in [6, 6.07) is 0. The summed E-state index contributed by atoms with van der Waals surface area (Å²) in [5.74, 6) is 1.20. The van der Waals surface area contributed by atoms with Gasteiger partial charge in [0.1, 0.15) is 0 Å². The number of amides is 1. The molecule has 1 heterocycles. The van der Waals surface area contributed by atoms with E-state index in [1.54, 1.807) is 0 Å². The molecule has 0 aliphatic carbocycles. The van der Waals surface area contributed by atoms with Crippen LogP contribution in [0.15, 0.2) is 0 Å². The third-order valence-electron chi connectivity index (χ3n) is 13.6. The van der Waals surface area contributed by atoms with Crippen molar-refractivity contribution in [3.63, 3.8) is 0 Å². The second-order valence-electron chi connectivity index (χ2n) is 18.6. The number of rotatable bonds is 44. The summed E-state index contributed by atoms with van der Waals surface area (Å²) in [5, 5.41) is 0. The largest absolute Gasteiger partial charge is 0.342 e. The monoisotopic (exact) mass is 758 g/mol. The van der Waals surface area contributed by atoms with Crippen LogP contribution in [0.25, 0.3) is 0 Å². The Labute approximate surface area is 342 Å². The Bertz CT molecular complexity index is 737. The minimum absolute atomic E-state index is 0.0575. The highest BCUT2D eigenvalue weighted by Crippen LogP contribution is 2.48. The standard InChI is InChI=1S/C52H103NO/c1-5-9-13-17-21-25-29-33-37-41-45-50-49-53(48-44-40-36-32-28-24-20-16-12-8-4)51(54)52(50,46-42-38-34-30-26-22-18-14-10-6-2)47-43-39-35-31-27-23-19-15-11-7-3/h50H,5-49H2,1-4H3. The van der Waals surface area contributed by atoms with Gasteiger partial charge in [-0.1, -0.05) is 278 Å². The van der Waals surface area contributed by atoms with Gasteiger partial charge >= 0.3 is 0 Å². The number of unbranched alkanes of at least 4 members (excludes halogenated alkanes) is 36. The molecule has 1 atom stereocenters. The summed E-state index contributed by atoms with van der Waals surface area (Å²) in [5.41, 5.74) is -0.0575. The maximum Gasteiger partial charge on any atom is 0.229 e. The SMILES string of the molecule is CCCCCCCCCCCCC1CN(CCCCCCCCCCCC)C(=O)C1(CCCCCCCCCCCC)CCCCCCCCCCCC. The van der Waals surface area contributed by atoms with Crippen LogP contribution < -0.4 is 0 Å². The lowest BCUT2D eigenvalue weighted by Gasteiger charge is -2.33. The van der Waals surface area contributed by atoms with Crippen molar-refractivity contribution in [3.05, 3.63) is 0 Å². The molecule has 0 bridgehead atoms. The summed E-state index contributed by atoms with van der Waals surface area (Å²) in [4.78, 5) is 17.1. The number of hydrogen-bond acceptors (Lipinski definition) is 1. The van der Waals surface area contributed by atoms with Gasteiger partial charge in [0.15, 0.2) is 0 Å². The molecular weight excluding hydrogens is 655 g/mol. The first-order valence-corrected chi connectivity index (χ1v) is 26.0. The molecule has 1 rings (SSSR count). The lowest BCUT2D eigenvalue weighted by Crippen LogP contribution is -2.37. The smallest absolute Gasteiger partial charge is 0.229 e. The molecule has 0 saturated carbocycles. The summed E-state index contributed by atoms with van der Waals surface area (Å²) in [7, 11) is 0. The first-order chi connectivity index (χ1) is 26.7. The summed E-state index contributed by atoms with van der Waals surface area (Å²) >= 11 is 0. The van der Waals surface area contributed by atoms with Crippen molar-refractivity contribution < 1.29 is 4.79 Å². The highest BCUT2D eigenvalue weighted by Gasteiger charge is 2.51. The molecule has 0 aromatic rings. The lowest BCUT2D eigenvalue weighted by molar-refractivity contribution is -0.138. The highest BCUT2D eigenvalue weighted by molar-refractivity contribution is 5.85. The molecule has 1 aliphatic heterocycles. The van der Waals surface area contributed by atoms with Gasteiger partial charge in [0.25, 0.3) is 0 Å². The minimum atomic E-state index is -0.0575. The van der Waals surface area contributed by atoms with E-state index in [0.29, 0.717) is 11.8 Å². The normalized spacial score (nSPS) is 15.6. The molecule has 1 unspecified atom stereocenters. The predicted molar refractivity (Wildman–Crippen MR) is 244 cm³/mol. The van der Waals surface area contributed by atoms with Crippen LogP contribution >= 0.6 is 0 Å². The predicted octanol–water partition coefficient (Wildman–Crippen LogP) is 18.3. The molecule has 0 aromatic carbocycles. The zero-order valence-electron chi connectivity index (χ0n) is 38.3. The number of hydrogen-bond donors (Lipinski definition) is 0. The molecule has 1 amide bonds. The van der Waals surface area contributed by atoms with Gasteiger partial charge in [-0.3, -0.25) is 4.79 Å². The van der Waals surface area contributed by atoms with Gasteiger partial charge in [0.05, 0.1) is 5.41 Å². The quantitative estimate of drug-likeness (QED) is 0.0567. The fraction of sp³-hybridized carbons (Fsp3) is 0.981. The molecule has 0 N–H and O–H groups in total. The number of carbonyl (C=O) groups is 1. The molecule has 2 heteroatoms. The number of likely N-dealkylation sites (tertiary alicyclic amines) is 1. The van der Waals surface area contributed by atoms with E-state index in [1.165, 1.54) is 276 Å². The van der Waals surface area contributed by atoms with Crippen molar-refractivity contribution in [3.8, 4) is 0 Å². The van der Waals surface area contributed by atoms with E-state index < -0.39 is 0 Å². The van der Waals surface area contributed by atoms with E-state index in [9.17, 15) is 4.79 Å². The molecule has 0 radical (unpaired) electrons. The van der Waals surface area contributed by atoms with Gasteiger partial charge < -0.3 is 4.90 Å². The van der Waals surface area contributed by atoms with Crippen LogP contribution in [-0.4, -0.2) is 23.9 Å². The van der Waals surface area contributed by atoms with Gasteiger partial charge in [-0.2, -0.15) is 0 Å². The topological polar surface area (TPSA) is 20.3 Å². The zero-order chi connectivity index (χ0) is 39.1. The van der Waals surface area contributed by atoms with Crippen LogP contribution in [0.3, 0.4) is 0 Å². The van der Waals surface area contributed by atoms with Gasteiger partial charge in [0, 0.05) is 13.1 Å². The highest BCUT2D eigenvalue weighted by atomic mass is 16.2. The number of carbonyl (C=O) groups excluding carboxylic acids is 1. The first kappa shape index (κ1) is 51.5. The fourth-order valence-corrected chi connectivity index (χ4v) is 9.84. The molecule has 0 spiro atoms. The van der Waals surface area contributed by atoms with Crippen molar-refractivity contribution >= 4 is 5.91 Å². The van der Waals surface area contributed by atoms with E-state index >= 15 is 0 Å². The Balaban J connectivity index is 2.76. The molecule has 1 saturated heterocycles. The maximum absolute atomic E-state index is 14.7. The summed E-state index contributed by atoms with van der Waals surface area (Å²) in [6.45, 7) is 11.4. The second kappa shape index (κ2) is 39.3. The zero-order valence-corrected chi connectivity index (χ0v) is 38.3. The van der Waals surface area contributed by atoms with Crippen LogP contribution in [0.5, 0.6) is 0 Å². The van der Waals surface area contributed by atoms with Crippen molar-refractivity contribution in [2.24, 2.45) is 11.3 Å². The van der Waals surface area contributed by atoms with Crippen molar-refractivity contribution in [1.29, 1.82) is 0 Å². The summed E-state index contributed by atoms with van der Waals surface area (Å²) < 4.78 is 0. The Morgan fingerprint density at radius 2 is 0.630 bits per heavy atom. The van der Waals surface area contributed by atoms with E-state index in [2.05, 4.69) is 32.6 Å². The first-order valence-electron chi connectivity index (χ1n) is 26.0. The van der Waals surface area contributed by atoms with Gasteiger partial charge in [-0.25, -0.2) is 0 Å². The Hall–Kier alpha value is -0.530. The lowest BCUT2D eigenvalue weighted by atomic mass is 9.68. The van der Waals surface area contributed by atoms with Crippen LogP contribution in [0.1, 0.15) is 304 Å². The second-order valence-corrected chi connectivity index (χ2v) is 18.6. The summed E-state index contributed by atoms with van der Waals surface area (Å²) in [6.07, 6.45) is 59.1. The fourth-order valence-electron chi connectivity index (χ4n) is 9.84. The van der Waals surface area contributed by atoms with Crippen molar-refractivity contribution in [2.75, 3.05) is 13.1 Å². The third kappa shape index (κ3) is 27.2. The minimum Gasteiger partial charge on any atom is -0.342 e. The molecule has 0 aromatic heterocycles. The average molecular weight is 758 g/mol. The molecule has 2 nitrogen and oxygen atoms in total. The van der Waals surface area contributed by atoms with Gasteiger partial charge in [-0.15, -0.1) is 0 Å². The Kier molecular flexibility index (Phi) is 37.5.